The Kier molecular flexibility index (Phi) is 3.48. The van der Waals surface area contributed by atoms with Crippen molar-refractivity contribution in [3.05, 3.63) is 90.1 Å². The van der Waals surface area contributed by atoms with E-state index in [9.17, 15) is 0 Å². The summed E-state index contributed by atoms with van der Waals surface area (Å²) in [5.74, 6) is 1.50. The molecule has 2 atom stereocenters. The predicted octanol–water partition coefficient (Wildman–Crippen LogP) is 5.09. The first-order valence-corrected chi connectivity index (χ1v) is 7.96. The van der Waals surface area contributed by atoms with Crippen LogP contribution in [0.1, 0.15) is 23.5 Å². The Morgan fingerprint density at radius 2 is 1.59 bits per heavy atom. The number of nitrogens with zero attached hydrogens (tertiary/aromatic N) is 1. The Labute approximate surface area is 131 Å². The monoisotopic (exact) mass is 285 g/mol. The molecule has 22 heavy (non-hydrogen) atoms. The quantitative estimate of drug-likeness (QED) is 0.650. The summed E-state index contributed by atoms with van der Waals surface area (Å²) in [5, 5.41) is 0. The molecule has 1 fully saturated rings. The first-order chi connectivity index (χ1) is 10.9. The van der Waals surface area contributed by atoms with Crippen molar-refractivity contribution >= 4 is 0 Å². The van der Waals surface area contributed by atoms with Gasteiger partial charge >= 0.3 is 0 Å². The molecule has 1 aliphatic rings. The summed E-state index contributed by atoms with van der Waals surface area (Å²) in [7, 11) is 0. The van der Waals surface area contributed by atoms with Crippen LogP contribution < -0.4 is 0 Å². The van der Waals surface area contributed by atoms with Gasteiger partial charge in [0.15, 0.2) is 0 Å². The average Bonchev–Trinajstić information content (AvgIpc) is 3.36. The van der Waals surface area contributed by atoms with Gasteiger partial charge < -0.3 is 0 Å². The van der Waals surface area contributed by atoms with E-state index < -0.39 is 0 Å². The fraction of sp³-hybridized carbons (Fsp3) is 0.190. The number of benzene rings is 2. The fourth-order valence-electron chi connectivity index (χ4n) is 3.33. The van der Waals surface area contributed by atoms with E-state index in [2.05, 4.69) is 71.7 Å². The highest BCUT2D eigenvalue weighted by Gasteiger charge is 2.38. The van der Waals surface area contributed by atoms with Crippen LogP contribution in [0.15, 0.2) is 79.0 Å². The Hall–Kier alpha value is -2.41. The Morgan fingerprint density at radius 3 is 2.41 bits per heavy atom. The van der Waals surface area contributed by atoms with Gasteiger partial charge in [-0.1, -0.05) is 60.7 Å². The number of hydrogen-bond donors (Lipinski definition) is 0. The van der Waals surface area contributed by atoms with Crippen LogP contribution in [-0.2, 0) is 6.42 Å². The molecule has 0 saturated heterocycles. The zero-order valence-corrected chi connectivity index (χ0v) is 12.5. The third-order valence-corrected chi connectivity index (χ3v) is 4.59. The van der Waals surface area contributed by atoms with Crippen molar-refractivity contribution in [1.29, 1.82) is 0 Å². The molecule has 0 aliphatic heterocycles. The molecular weight excluding hydrogens is 266 g/mol. The summed E-state index contributed by atoms with van der Waals surface area (Å²) in [5.41, 5.74) is 5.27. The lowest BCUT2D eigenvalue weighted by Gasteiger charge is -2.09. The lowest BCUT2D eigenvalue weighted by molar-refractivity contribution is 0.796. The largest absolute Gasteiger partial charge is 0.256 e. The van der Waals surface area contributed by atoms with Crippen molar-refractivity contribution in [3.63, 3.8) is 0 Å². The fourth-order valence-corrected chi connectivity index (χ4v) is 3.33. The van der Waals surface area contributed by atoms with E-state index in [-0.39, 0.29) is 0 Å². The topological polar surface area (TPSA) is 12.9 Å². The predicted molar refractivity (Wildman–Crippen MR) is 90.7 cm³/mol. The third-order valence-electron chi connectivity index (χ3n) is 4.59. The van der Waals surface area contributed by atoms with Crippen molar-refractivity contribution in [1.82, 2.24) is 4.98 Å². The van der Waals surface area contributed by atoms with Gasteiger partial charge in [0.1, 0.15) is 0 Å². The van der Waals surface area contributed by atoms with Crippen LogP contribution in [0.25, 0.3) is 11.3 Å². The van der Waals surface area contributed by atoms with Crippen LogP contribution in [0.2, 0.25) is 0 Å². The highest BCUT2D eigenvalue weighted by molar-refractivity contribution is 5.63. The maximum Gasteiger partial charge on any atom is 0.0704 e. The smallest absolute Gasteiger partial charge is 0.0704 e. The van der Waals surface area contributed by atoms with E-state index in [1.54, 1.807) is 0 Å². The molecule has 3 aromatic rings. The molecule has 0 spiro atoms. The lowest BCUT2D eigenvalue weighted by Crippen LogP contribution is -1.94. The normalized spacial score (nSPS) is 19.8. The second-order valence-corrected chi connectivity index (χ2v) is 6.09. The van der Waals surface area contributed by atoms with Crippen LogP contribution in [0.4, 0.5) is 0 Å². The molecule has 2 aromatic carbocycles. The zero-order chi connectivity index (χ0) is 14.8. The summed E-state index contributed by atoms with van der Waals surface area (Å²) >= 11 is 0. The summed E-state index contributed by atoms with van der Waals surface area (Å²) in [6, 6.07) is 25.7. The Bertz CT molecular complexity index is 749. The first kappa shape index (κ1) is 13.3. The SMILES string of the molecule is c1ccc([C@@H]2C[C@@H]2Cc2ccccc2-c2ccccn2)cc1. The molecule has 1 aromatic heterocycles. The molecule has 0 unspecified atom stereocenters. The summed E-state index contributed by atoms with van der Waals surface area (Å²) in [4.78, 5) is 4.51. The Balaban J connectivity index is 1.56. The second-order valence-electron chi connectivity index (χ2n) is 6.09. The van der Waals surface area contributed by atoms with Gasteiger partial charge in [0.05, 0.1) is 5.69 Å². The van der Waals surface area contributed by atoms with Crippen molar-refractivity contribution in [2.45, 2.75) is 18.8 Å². The van der Waals surface area contributed by atoms with Gasteiger partial charge in [-0.15, -0.1) is 0 Å². The van der Waals surface area contributed by atoms with Crippen LogP contribution in [-0.4, -0.2) is 4.98 Å². The van der Waals surface area contributed by atoms with Crippen LogP contribution in [0.3, 0.4) is 0 Å². The molecule has 1 heterocycles. The lowest BCUT2D eigenvalue weighted by atomic mass is 9.97. The van der Waals surface area contributed by atoms with Gasteiger partial charge in [-0.25, -0.2) is 0 Å². The van der Waals surface area contributed by atoms with E-state index in [1.165, 1.54) is 23.1 Å². The minimum absolute atomic E-state index is 0.734. The van der Waals surface area contributed by atoms with Gasteiger partial charge in [0.2, 0.25) is 0 Å². The van der Waals surface area contributed by atoms with E-state index in [4.69, 9.17) is 0 Å². The van der Waals surface area contributed by atoms with E-state index in [0.717, 1.165) is 24.0 Å². The standard InChI is InChI=1S/C21H19N/c1-2-8-16(9-3-1)20-15-18(20)14-17-10-4-5-11-19(17)21-12-6-7-13-22-21/h1-13,18,20H,14-15H2/t18-,20-/m0/s1. The molecule has 1 saturated carbocycles. The molecule has 1 aliphatic carbocycles. The maximum atomic E-state index is 4.51. The summed E-state index contributed by atoms with van der Waals surface area (Å²) in [6.45, 7) is 0. The number of hydrogen-bond acceptors (Lipinski definition) is 1. The molecule has 108 valence electrons. The first-order valence-electron chi connectivity index (χ1n) is 7.96. The van der Waals surface area contributed by atoms with Crippen molar-refractivity contribution in [3.8, 4) is 11.3 Å². The molecular formula is C21H19N. The van der Waals surface area contributed by atoms with Gasteiger partial charge in [-0.05, 0) is 47.9 Å². The van der Waals surface area contributed by atoms with Crippen molar-refractivity contribution < 1.29 is 0 Å². The van der Waals surface area contributed by atoms with Gasteiger partial charge in [-0.3, -0.25) is 4.98 Å². The molecule has 4 rings (SSSR count). The summed E-state index contributed by atoms with van der Waals surface area (Å²) < 4.78 is 0. The van der Waals surface area contributed by atoms with Crippen LogP contribution in [0.5, 0.6) is 0 Å². The minimum atomic E-state index is 0.734. The summed E-state index contributed by atoms with van der Waals surface area (Å²) in [6.07, 6.45) is 4.32. The number of pyridine rings is 1. The molecule has 0 bridgehead atoms. The number of aromatic nitrogens is 1. The van der Waals surface area contributed by atoms with Crippen LogP contribution >= 0.6 is 0 Å². The maximum absolute atomic E-state index is 4.51. The average molecular weight is 285 g/mol. The van der Waals surface area contributed by atoms with E-state index >= 15 is 0 Å². The second kappa shape index (κ2) is 5.76. The van der Waals surface area contributed by atoms with Crippen molar-refractivity contribution in [2.24, 2.45) is 5.92 Å². The van der Waals surface area contributed by atoms with E-state index in [0.29, 0.717) is 0 Å². The number of rotatable bonds is 4. The molecule has 0 radical (unpaired) electrons. The molecule has 1 nitrogen and oxygen atoms in total. The Morgan fingerprint density at radius 1 is 0.818 bits per heavy atom. The highest BCUT2D eigenvalue weighted by Crippen LogP contribution is 2.49. The molecule has 1 heteroatoms. The van der Waals surface area contributed by atoms with E-state index in [1.807, 2.05) is 12.3 Å². The molecule has 0 N–H and O–H groups in total. The molecule has 0 amide bonds. The highest BCUT2D eigenvalue weighted by atomic mass is 14.7. The van der Waals surface area contributed by atoms with Crippen molar-refractivity contribution in [2.75, 3.05) is 0 Å². The minimum Gasteiger partial charge on any atom is -0.256 e. The zero-order valence-electron chi connectivity index (χ0n) is 12.5. The van der Waals surface area contributed by atoms with Crippen LogP contribution in [0, 0.1) is 5.92 Å². The third kappa shape index (κ3) is 2.67. The van der Waals surface area contributed by atoms with Gasteiger partial charge in [-0.2, -0.15) is 0 Å². The van der Waals surface area contributed by atoms with Gasteiger partial charge in [0.25, 0.3) is 0 Å². The van der Waals surface area contributed by atoms with Gasteiger partial charge in [0, 0.05) is 11.8 Å².